The van der Waals surface area contributed by atoms with E-state index in [0.717, 1.165) is 24.3 Å². The number of alkyl halides is 3. The van der Waals surface area contributed by atoms with Crippen LogP contribution in [0.5, 0.6) is 0 Å². The summed E-state index contributed by atoms with van der Waals surface area (Å²) in [7, 11) is -2.00. The van der Waals surface area contributed by atoms with Crippen LogP contribution in [0.15, 0.2) is 34.1 Å². The number of nitrogens with one attached hydrogen (secondary N) is 2. The van der Waals surface area contributed by atoms with Crippen LogP contribution < -0.4 is 10.0 Å². The van der Waals surface area contributed by atoms with Gasteiger partial charge < -0.3 is 5.32 Å². The maximum atomic E-state index is 12.1. The summed E-state index contributed by atoms with van der Waals surface area (Å²) in [5.74, 6) is 0. The van der Waals surface area contributed by atoms with Crippen LogP contribution in [0.2, 0.25) is 0 Å². The van der Waals surface area contributed by atoms with Gasteiger partial charge in [0.05, 0.1) is 4.90 Å². The number of likely N-dealkylation sites (N-methyl/N-ethyl adjacent to an activating group) is 1. The Bertz CT molecular complexity index is 506. The third-order valence-corrected chi connectivity index (χ3v) is 4.25. The van der Waals surface area contributed by atoms with E-state index >= 15 is 0 Å². The van der Waals surface area contributed by atoms with E-state index in [1.54, 1.807) is 7.05 Å². The summed E-state index contributed by atoms with van der Waals surface area (Å²) in [6, 6.07) is 4.56. The minimum Gasteiger partial charge on any atom is -0.318 e. The van der Waals surface area contributed by atoms with Gasteiger partial charge in [-0.05, 0) is 43.1 Å². The maximum Gasteiger partial charge on any atom is 0.446 e. The summed E-state index contributed by atoms with van der Waals surface area (Å²) >= 11 is -0.284. The number of halogens is 4. The minimum absolute atomic E-state index is 0. The topological polar surface area (TPSA) is 58.2 Å². The van der Waals surface area contributed by atoms with Gasteiger partial charge in [0.15, 0.2) is 0 Å². The van der Waals surface area contributed by atoms with E-state index < -0.39 is 15.5 Å². The van der Waals surface area contributed by atoms with Crippen molar-refractivity contribution < 1.29 is 21.6 Å². The molecular formula is C10H14ClF3N2O2S2. The van der Waals surface area contributed by atoms with Crippen LogP contribution in [0.3, 0.4) is 0 Å². The first-order chi connectivity index (χ1) is 8.74. The molecule has 0 radical (unpaired) electrons. The highest BCUT2D eigenvalue weighted by Crippen LogP contribution is 2.36. The van der Waals surface area contributed by atoms with Crippen LogP contribution in [-0.2, 0) is 10.0 Å². The smallest absolute Gasteiger partial charge is 0.318 e. The minimum atomic E-state index is -4.38. The van der Waals surface area contributed by atoms with Gasteiger partial charge in [0.2, 0.25) is 10.0 Å². The monoisotopic (exact) mass is 350 g/mol. The van der Waals surface area contributed by atoms with Gasteiger partial charge in [-0.3, -0.25) is 0 Å². The average molecular weight is 351 g/mol. The van der Waals surface area contributed by atoms with E-state index in [-0.39, 0.29) is 40.5 Å². The molecule has 4 nitrogen and oxygen atoms in total. The summed E-state index contributed by atoms with van der Waals surface area (Å²) in [5.41, 5.74) is -4.38. The Morgan fingerprint density at radius 3 is 2.15 bits per heavy atom. The van der Waals surface area contributed by atoms with Gasteiger partial charge in [0.1, 0.15) is 0 Å². The van der Waals surface area contributed by atoms with Gasteiger partial charge in [0, 0.05) is 18.0 Å². The Labute approximate surface area is 126 Å². The molecule has 0 spiro atoms. The Kier molecular flexibility index (Phi) is 7.89. The lowest BCUT2D eigenvalue weighted by atomic mass is 10.4. The number of hydrogen-bond acceptors (Lipinski definition) is 4. The summed E-state index contributed by atoms with van der Waals surface area (Å²) in [5, 5.41) is 2.77. The van der Waals surface area contributed by atoms with Gasteiger partial charge >= 0.3 is 5.51 Å². The number of sulfonamides is 1. The van der Waals surface area contributed by atoms with Crippen molar-refractivity contribution in [3.8, 4) is 0 Å². The standard InChI is InChI=1S/C10H13F3N2O2S2.ClH/c1-14-6-7-15-19(16,17)9-4-2-8(3-5-9)18-10(11,12)13;/h2-5,14-15H,6-7H2,1H3;1H. The van der Waals surface area contributed by atoms with Crippen LogP contribution in [-0.4, -0.2) is 34.1 Å². The zero-order valence-corrected chi connectivity index (χ0v) is 12.8. The fourth-order valence-electron chi connectivity index (χ4n) is 1.21. The summed E-state index contributed by atoms with van der Waals surface area (Å²) < 4.78 is 62.1. The van der Waals surface area contributed by atoms with E-state index in [0.29, 0.717) is 6.54 Å². The SMILES string of the molecule is CNCCNS(=O)(=O)c1ccc(SC(F)(F)F)cc1.Cl. The second-order valence-electron chi connectivity index (χ2n) is 3.52. The molecule has 0 fully saturated rings. The van der Waals surface area contributed by atoms with Gasteiger partial charge in [-0.25, -0.2) is 13.1 Å². The molecular weight excluding hydrogens is 337 g/mol. The zero-order chi connectivity index (χ0) is 14.5. The third-order valence-electron chi connectivity index (χ3n) is 2.03. The lowest BCUT2D eigenvalue weighted by Crippen LogP contribution is -2.30. The van der Waals surface area contributed by atoms with Gasteiger partial charge in [-0.2, -0.15) is 13.2 Å². The first-order valence-electron chi connectivity index (χ1n) is 5.25. The first-order valence-corrected chi connectivity index (χ1v) is 7.54. The summed E-state index contributed by atoms with van der Waals surface area (Å²) in [6.07, 6.45) is 0. The number of thioether (sulfide) groups is 1. The van der Waals surface area contributed by atoms with Crippen molar-refractivity contribution in [2.24, 2.45) is 0 Å². The van der Waals surface area contributed by atoms with Crippen LogP contribution >= 0.6 is 24.2 Å². The molecule has 1 aromatic carbocycles. The van der Waals surface area contributed by atoms with E-state index in [2.05, 4.69) is 10.0 Å². The highest BCUT2D eigenvalue weighted by atomic mass is 35.5. The molecule has 1 aromatic rings. The molecule has 0 aliphatic rings. The van der Waals surface area contributed by atoms with E-state index in [4.69, 9.17) is 0 Å². The van der Waals surface area contributed by atoms with E-state index in [9.17, 15) is 21.6 Å². The lowest BCUT2D eigenvalue weighted by Gasteiger charge is -2.08. The van der Waals surface area contributed by atoms with Crippen molar-refractivity contribution >= 4 is 34.2 Å². The van der Waals surface area contributed by atoms with Crippen molar-refractivity contribution in [3.63, 3.8) is 0 Å². The predicted octanol–water partition coefficient (Wildman–Crippen LogP) is 2.22. The zero-order valence-electron chi connectivity index (χ0n) is 10.4. The number of rotatable bonds is 6. The molecule has 0 amide bonds. The number of hydrogen-bond donors (Lipinski definition) is 2. The number of benzene rings is 1. The predicted molar refractivity (Wildman–Crippen MR) is 74.7 cm³/mol. The first kappa shape index (κ1) is 19.5. The lowest BCUT2D eigenvalue weighted by molar-refractivity contribution is -0.0328. The van der Waals surface area contributed by atoms with Gasteiger partial charge in [0.25, 0.3) is 0 Å². The molecule has 0 saturated heterocycles. The van der Waals surface area contributed by atoms with Crippen LogP contribution in [0.4, 0.5) is 13.2 Å². The summed E-state index contributed by atoms with van der Waals surface area (Å²) in [4.78, 5) is -0.114. The Morgan fingerprint density at radius 2 is 1.70 bits per heavy atom. The quantitative estimate of drug-likeness (QED) is 0.610. The average Bonchev–Trinajstić information content (AvgIpc) is 2.27. The highest BCUT2D eigenvalue weighted by Gasteiger charge is 2.29. The molecule has 20 heavy (non-hydrogen) atoms. The van der Waals surface area contributed by atoms with Crippen molar-refractivity contribution in [2.75, 3.05) is 20.1 Å². The molecule has 116 valence electrons. The Balaban J connectivity index is 0.00000361. The molecule has 0 heterocycles. The molecule has 0 atom stereocenters. The van der Waals surface area contributed by atoms with Gasteiger partial charge in [-0.15, -0.1) is 12.4 Å². The van der Waals surface area contributed by atoms with E-state index in [1.807, 2.05) is 0 Å². The molecule has 1 rings (SSSR count). The maximum absolute atomic E-state index is 12.1. The highest BCUT2D eigenvalue weighted by molar-refractivity contribution is 8.00. The second kappa shape index (κ2) is 8.08. The molecule has 10 heteroatoms. The Hall–Kier alpha value is -0.480. The molecule has 0 bridgehead atoms. The molecule has 0 aliphatic carbocycles. The van der Waals surface area contributed by atoms with Crippen molar-refractivity contribution in [1.82, 2.24) is 10.0 Å². The fraction of sp³-hybridized carbons (Fsp3) is 0.400. The van der Waals surface area contributed by atoms with Crippen LogP contribution in [0.25, 0.3) is 0 Å². The Morgan fingerprint density at radius 1 is 1.15 bits per heavy atom. The van der Waals surface area contributed by atoms with Crippen molar-refractivity contribution in [3.05, 3.63) is 24.3 Å². The molecule has 0 saturated carbocycles. The summed E-state index contributed by atoms with van der Waals surface area (Å²) in [6.45, 7) is 0.666. The largest absolute Gasteiger partial charge is 0.446 e. The molecule has 2 N–H and O–H groups in total. The fourth-order valence-corrected chi connectivity index (χ4v) is 2.79. The molecule has 0 aromatic heterocycles. The van der Waals surface area contributed by atoms with Crippen molar-refractivity contribution in [1.29, 1.82) is 0 Å². The van der Waals surface area contributed by atoms with Gasteiger partial charge in [-0.1, -0.05) is 0 Å². The van der Waals surface area contributed by atoms with Crippen molar-refractivity contribution in [2.45, 2.75) is 15.3 Å². The van der Waals surface area contributed by atoms with Crippen LogP contribution in [0.1, 0.15) is 0 Å². The molecule has 0 unspecified atom stereocenters. The normalized spacial score (nSPS) is 12.0. The van der Waals surface area contributed by atoms with Crippen LogP contribution in [0, 0.1) is 0 Å². The van der Waals surface area contributed by atoms with E-state index in [1.165, 1.54) is 0 Å². The second-order valence-corrected chi connectivity index (χ2v) is 6.43. The molecule has 0 aliphatic heterocycles. The third kappa shape index (κ3) is 6.80.